The standard InChI is InChI=1S/C64H46N2O2P2/c1-69(2,67)49-27-19-41(20-28-49)59-55-31-21-39-11-5-7-17-51(39)61(55)65-63-53-29-23-44(35-46(53)25-33-56(59)63)45-24-30-54-47(36-45)26-34-58-60(57-32-22-40-12-6-8-18-52(40)62(57)66-64(54)58)48-15-9-13-42(37-48)43-14-10-16-50(38-43)70(3,4)68/h5-38H,1-4H3. The second kappa shape index (κ2) is 15.9. The molecule has 0 radical (unpaired) electrons. The van der Waals surface area contributed by atoms with Crippen LogP contribution >= 0.6 is 14.3 Å². The fourth-order valence-electron chi connectivity index (χ4n) is 10.8. The van der Waals surface area contributed by atoms with E-state index in [0.717, 1.165) is 142 Å². The molecule has 6 heteroatoms. The van der Waals surface area contributed by atoms with Crippen molar-refractivity contribution in [2.75, 3.05) is 26.7 Å². The summed E-state index contributed by atoms with van der Waals surface area (Å²) < 4.78 is 26.2. The highest BCUT2D eigenvalue weighted by Crippen LogP contribution is 2.45. The lowest BCUT2D eigenvalue weighted by Gasteiger charge is -2.16. The van der Waals surface area contributed by atoms with Crippen molar-refractivity contribution in [2.24, 2.45) is 0 Å². The van der Waals surface area contributed by atoms with E-state index >= 15 is 0 Å². The summed E-state index contributed by atoms with van der Waals surface area (Å²) >= 11 is 0. The van der Waals surface area contributed by atoms with Gasteiger partial charge in [0, 0.05) is 64.8 Å². The topological polar surface area (TPSA) is 59.9 Å². The number of rotatable bonds is 6. The Kier molecular flexibility index (Phi) is 9.63. The third-order valence-corrected chi connectivity index (χ3v) is 17.4. The largest absolute Gasteiger partial charge is 0.319 e. The highest BCUT2D eigenvalue weighted by atomic mass is 31.2. The average molecular weight is 937 g/mol. The molecule has 0 spiro atoms. The molecule has 334 valence electrons. The number of hydrogen-bond donors (Lipinski definition) is 0. The van der Waals surface area contributed by atoms with E-state index in [4.69, 9.17) is 9.97 Å². The van der Waals surface area contributed by atoms with E-state index in [1.54, 1.807) is 0 Å². The summed E-state index contributed by atoms with van der Waals surface area (Å²) in [5, 5.41) is 15.1. The Bertz CT molecular complexity index is 4470. The van der Waals surface area contributed by atoms with Gasteiger partial charge in [0.25, 0.3) is 0 Å². The van der Waals surface area contributed by atoms with Gasteiger partial charge in [0.1, 0.15) is 14.3 Å². The number of hydrogen-bond acceptors (Lipinski definition) is 4. The minimum absolute atomic E-state index is 0.875. The molecule has 0 unspecified atom stereocenters. The summed E-state index contributed by atoms with van der Waals surface area (Å²) in [6.07, 6.45) is 0. The molecule has 0 saturated heterocycles. The van der Waals surface area contributed by atoms with Crippen LogP contribution in [0.2, 0.25) is 0 Å². The minimum Gasteiger partial charge on any atom is -0.319 e. The van der Waals surface area contributed by atoms with Gasteiger partial charge in [-0.3, -0.25) is 0 Å². The summed E-state index contributed by atoms with van der Waals surface area (Å²) in [5.41, 5.74) is 12.7. The lowest BCUT2D eigenvalue weighted by Crippen LogP contribution is -2.02. The molecule has 13 aromatic rings. The number of fused-ring (bicyclic) bond motifs is 12. The zero-order chi connectivity index (χ0) is 47.5. The molecule has 0 aliphatic rings. The molecule has 4 nitrogen and oxygen atoms in total. The smallest absolute Gasteiger partial charge is 0.109 e. The van der Waals surface area contributed by atoms with Crippen molar-refractivity contribution in [2.45, 2.75) is 0 Å². The Hall–Kier alpha value is -7.74. The second-order valence-corrected chi connectivity index (χ2v) is 26.0. The summed E-state index contributed by atoms with van der Waals surface area (Å²) in [6, 6.07) is 73.5. The summed E-state index contributed by atoms with van der Waals surface area (Å²) in [7, 11) is -4.85. The predicted octanol–water partition coefficient (Wildman–Crippen LogP) is 16.9. The number of pyridine rings is 2. The highest BCUT2D eigenvalue weighted by molar-refractivity contribution is 7.70. The van der Waals surface area contributed by atoms with Crippen LogP contribution in [0.3, 0.4) is 0 Å². The highest BCUT2D eigenvalue weighted by Gasteiger charge is 2.20. The fourth-order valence-corrected chi connectivity index (χ4v) is 12.5. The van der Waals surface area contributed by atoms with Crippen molar-refractivity contribution in [3.8, 4) is 44.5 Å². The van der Waals surface area contributed by atoms with Crippen LogP contribution in [0, 0.1) is 0 Å². The maximum absolute atomic E-state index is 13.1. The molecule has 0 amide bonds. The van der Waals surface area contributed by atoms with Crippen LogP contribution in [-0.4, -0.2) is 36.6 Å². The second-order valence-electron chi connectivity index (χ2n) is 19.5. The van der Waals surface area contributed by atoms with Gasteiger partial charge in [-0.1, -0.05) is 182 Å². The van der Waals surface area contributed by atoms with Crippen molar-refractivity contribution < 1.29 is 9.13 Å². The van der Waals surface area contributed by atoms with Crippen LogP contribution in [0.15, 0.2) is 206 Å². The van der Waals surface area contributed by atoms with Gasteiger partial charge >= 0.3 is 0 Å². The van der Waals surface area contributed by atoms with E-state index in [2.05, 4.69) is 182 Å². The van der Waals surface area contributed by atoms with Crippen LogP contribution < -0.4 is 10.6 Å². The summed E-state index contributed by atoms with van der Waals surface area (Å²) in [5.74, 6) is 0. The van der Waals surface area contributed by atoms with Gasteiger partial charge in [0.15, 0.2) is 0 Å². The average Bonchev–Trinajstić information content (AvgIpc) is 3.38. The van der Waals surface area contributed by atoms with Crippen LogP contribution in [0.25, 0.3) is 131 Å². The van der Waals surface area contributed by atoms with Gasteiger partial charge in [-0.2, -0.15) is 0 Å². The Morgan fingerprint density at radius 1 is 0.271 bits per heavy atom. The maximum atomic E-state index is 13.1. The van der Waals surface area contributed by atoms with Crippen molar-refractivity contribution >= 4 is 112 Å². The van der Waals surface area contributed by atoms with Gasteiger partial charge in [-0.25, -0.2) is 9.97 Å². The molecule has 2 aromatic heterocycles. The Morgan fingerprint density at radius 2 is 0.643 bits per heavy atom. The molecule has 0 aliphatic heterocycles. The zero-order valence-electron chi connectivity index (χ0n) is 39.2. The quantitative estimate of drug-likeness (QED) is 0.0947. The molecule has 11 aromatic carbocycles. The molecule has 2 heterocycles. The minimum atomic E-state index is -2.44. The Morgan fingerprint density at radius 3 is 1.14 bits per heavy atom. The van der Waals surface area contributed by atoms with Crippen LogP contribution in [-0.2, 0) is 9.13 Å². The van der Waals surface area contributed by atoms with Gasteiger partial charge in [-0.15, -0.1) is 0 Å². The van der Waals surface area contributed by atoms with Crippen LogP contribution in [0.4, 0.5) is 0 Å². The van der Waals surface area contributed by atoms with Crippen molar-refractivity contribution in [1.29, 1.82) is 0 Å². The Labute approximate surface area is 406 Å². The van der Waals surface area contributed by atoms with E-state index in [-0.39, 0.29) is 0 Å². The lowest BCUT2D eigenvalue weighted by molar-refractivity contribution is 0.587. The molecule has 0 N–H and O–H groups in total. The van der Waals surface area contributed by atoms with Crippen LogP contribution in [0.1, 0.15) is 0 Å². The normalized spacial score (nSPS) is 12.4. The zero-order valence-corrected chi connectivity index (χ0v) is 41.0. The van der Waals surface area contributed by atoms with E-state index < -0.39 is 14.3 Å². The summed E-state index contributed by atoms with van der Waals surface area (Å²) in [6.45, 7) is 7.31. The SMILES string of the molecule is CP(C)(=O)c1ccc(-c2c3ccc4ccccc4c3nc3c2ccc2cc(-c4ccc5c(ccc6c(-c7cccc(-c8cccc(P(C)(C)=O)c8)c7)c7ccc8ccccc8c7nc65)c4)ccc23)cc1. The molecular weight excluding hydrogens is 891 g/mol. The fraction of sp³-hybridized carbons (Fsp3) is 0.0625. The molecular formula is C64H46N2O2P2. The van der Waals surface area contributed by atoms with Gasteiger partial charge in [0.2, 0.25) is 0 Å². The number of benzene rings is 11. The van der Waals surface area contributed by atoms with Crippen LogP contribution in [0.5, 0.6) is 0 Å². The van der Waals surface area contributed by atoms with E-state index in [9.17, 15) is 9.13 Å². The first-order chi connectivity index (χ1) is 33.9. The van der Waals surface area contributed by atoms with Crippen molar-refractivity contribution in [3.63, 3.8) is 0 Å². The third-order valence-electron chi connectivity index (χ3n) is 14.4. The predicted molar refractivity (Wildman–Crippen MR) is 302 cm³/mol. The van der Waals surface area contributed by atoms with Gasteiger partial charge < -0.3 is 9.13 Å². The first-order valence-corrected chi connectivity index (χ1v) is 28.9. The molecule has 0 bridgehead atoms. The Balaban J connectivity index is 0.970. The molecule has 0 saturated carbocycles. The van der Waals surface area contributed by atoms with Gasteiger partial charge in [0.05, 0.1) is 22.1 Å². The van der Waals surface area contributed by atoms with E-state index in [1.807, 2.05) is 50.9 Å². The van der Waals surface area contributed by atoms with Crippen molar-refractivity contribution in [1.82, 2.24) is 9.97 Å². The first kappa shape index (κ1) is 42.4. The first-order valence-electron chi connectivity index (χ1n) is 23.7. The molecule has 0 atom stereocenters. The molecule has 70 heavy (non-hydrogen) atoms. The van der Waals surface area contributed by atoms with E-state index in [1.165, 1.54) is 0 Å². The number of nitrogens with zero attached hydrogens (tertiary/aromatic N) is 2. The molecule has 13 rings (SSSR count). The monoisotopic (exact) mass is 936 g/mol. The number of aromatic nitrogens is 2. The van der Waals surface area contributed by atoms with Crippen molar-refractivity contribution in [3.05, 3.63) is 206 Å². The van der Waals surface area contributed by atoms with Gasteiger partial charge in [-0.05, 0) is 106 Å². The molecule has 0 fully saturated rings. The summed E-state index contributed by atoms with van der Waals surface area (Å²) in [4.78, 5) is 11.0. The van der Waals surface area contributed by atoms with E-state index in [0.29, 0.717) is 0 Å². The molecule has 0 aliphatic carbocycles. The maximum Gasteiger partial charge on any atom is 0.109 e. The third kappa shape index (κ3) is 6.97. The lowest BCUT2D eigenvalue weighted by atomic mass is 9.90.